The Balaban J connectivity index is 1.90. The fourth-order valence-corrected chi connectivity index (χ4v) is 5.00. The molecule has 0 spiro atoms. The SMILES string of the molecule is CCC(C)(C)C(=O)OC1C2CC3C1OC(=O)C3C2C(=O)OC(C(F)(F)F)C(F)(F)S(=O)(=O)O. The number of carbonyl (C=O) groups is 3. The summed E-state index contributed by atoms with van der Waals surface area (Å²) in [4.78, 5) is 37.3. The van der Waals surface area contributed by atoms with Gasteiger partial charge in [-0.3, -0.25) is 18.9 Å². The first-order valence-electron chi connectivity index (χ1n) is 9.88. The first-order chi connectivity index (χ1) is 14.8. The molecule has 7 atom stereocenters. The molecule has 0 aromatic rings. The Morgan fingerprint density at radius 2 is 1.76 bits per heavy atom. The summed E-state index contributed by atoms with van der Waals surface area (Å²) >= 11 is 0. The molecule has 3 rings (SSSR count). The van der Waals surface area contributed by atoms with Crippen LogP contribution in [-0.2, 0) is 38.7 Å². The van der Waals surface area contributed by atoms with Crippen molar-refractivity contribution in [1.29, 1.82) is 0 Å². The lowest BCUT2D eigenvalue weighted by Gasteiger charge is -2.34. The Kier molecular flexibility index (Phi) is 6.01. The third-order valence-corrected chi connectivity index (χ3v) is 7.58. The van der Waals surface area contributed by atoms with Gasteiger partial charge < -0.3 is 14.2 Å². The van der Waals surface area contributed by atoms with Gasteiger partial charge >= 0.3 is 39.5 Å². The minimum absolute atomic E-state index is 0.0106. The van der Waals surface area contributed by atoms with Crippen LogP contribution in [0.1, 0.15) is 33.6 Å². The van der Waals surface area contributed by atoms with E-state index in [1.54, 1.807) is 20.8 Å². The number of halogens is 5. The molecule has 1 N–H and O–H groups in total. The van der Waals surface area contributed by atoms with Gasteiger partial charge in [-0.25, -0.2) is 0 Å². The molecule has 7 unspecified atom stereocenters. The van der Waals surface area contributed by atoms with Crippen LogP contribution < -0.4 is 0 Å². The fraction of sp³-hybridized carbons (Fsp3) is 0.833. The van der Waals surface area contributed by atoms with Gasteiger partial charge in [-0.1, -0.05) is 6.92 Å². The molecule has 0 amide bonds. The van der Waals surface area contributed by atoms with Crippen LogP contribution in [0.15, 0.2) is 0 Å². The second kappa shape index (κ2) is 7.75. The fourth-order valence-electron chi connectivity index (χ4n) is 4.55. The van der Waals surface area contributed by atoms with E-state index < -0.39 is 86.9 Å². The zero-order valence-corrected chi connectivity index (χ0v) is 18.3. The summed E-state index contributed by atoms with van der Waals surface area (Å²) in [7, 11) is -6.62. The molecule has 3 fully saturated rings. The maximum Gasteiger partial charge on any atom is 0.432 e. The van der Waals surface area contributed by atoms with Crippen molar-refractivity contribution in [1.82, 2.24) is 0 Å². The van der Waals surface area contributed by atoms with Crippen LogP contribution in [0.2, 0.25) is 0 Å². The van der Waals surface area contributed by atoms with E-state index in [1.807, 2.05) is 0 Å². The van der Waals surface area contributed by atoms with Crippen LogP contribution >= 0.6 is 0 Å². The highest BCUT2D eigenvalue weighted by molar-refractivity contribution is 7.86. The summed E-state index contributed by atoms with van der Waals surface area (Å²) in [6, 6.07) is 0. The Hall–Kier alpha value is -2.03. The summed E-state index contributed by atoms with van der Waals surface area (Å²) < 4.78 is 112. The van der Waals surface area contributed by atoms with Gasteiger partial charge in [0.2, 0.25) is 0 Å². The minimum Gasteiger partial charge on any atom is -0.458 e. The number of alkyl halides is 5. The molecule has 3 aliphatic rings. The lowest BCUT2D eigenvalue weighted by atomic mass is 9.78. The Morgan fingerprint density at radius 1 is 1.18 bits per heavy atom. The molecule has 9 nitrogen and oxygen atoms in total. The summed E-state index contributed by atoms with van der Waals surface area (Å²) in [6.07, 6.45) is -12.4. The van der Waals surface area contributed by atoms with E-state index in [0.29, 0.717) is 6.42 Å². The third kappa shape index (κ3) is 4.06. The average Bonchev–Trinajstić information content (AvgIpc) is 3.27. The molecule has 1 heterocycles. The normalized spacial score (nSPS) is 32.5. The Bertz CT molecular complexity index is 961. The largest absolute Gasteiger partial charge is 0.458 e. The monoisotopic (exact) mass is 508 g/mol. The lowest BCUT2D eigenvalue weighted by Crippen LogP contribution is -2.54. The minimum atomic E-state index is -6.62. The number of fused-ring (bicyclic) bond motifs is 1. The standard InChI is InChI=1S/C18H21F5O9S/c1-4-16(2,3)15(26)31-11-7-5-6-8(12(24)30-10(6)11)9(7)13(25)32-14(17(19,20)21)18(22,23)33(27,28)29/h6-11,14H,4-5H2,1-3H3,(H,27,28,29). The molecule has 15 heteroatoms. The van der Waals surface area contributed by atoms with E-state index in [9.17, 15) is 44.8 Å². The quantitative estimate of drug-likeness (QED) is 0.238. The summed E-state index contributed by atoms with van der Waals surface area (Å²) in [5.74, 6) is -8.53. The molecule has 2 bridgehead atoms. The van der Waals surface area contributed by atoms with E-state index in [-0.39, 0.29) is 6.42 Å². The van der Waals surface area contributed by atoms with Gasteiger partial charge in [0.05, 0.1) is 17.3 Å². The van der Waals surface area contributed by atoms with Gasteiger partial charge in [0, 0.05) is 11.8 Å². The number of ether oxygens (including phenoxy) is 3. The van der Waals surface area contributed by atoms with Gasteiger partial charge in [0.25, 0.3) is 6.10 Å². The molecule has 2 saturated carbocycles. The van der Waals surface area contributed by atoms with Gasteiger partial charge in [0.1, 0.15) is 12.2 Å². The summed E-state index contributed by atoms with van der Waals surface area (Å²) in [6.45, 7) is 4.81. The van der Waals surface area contributed by atoms with Crippen molar-refractivity contribution < 1.29 is 63.5 Å². The van der Waals surface area contributed by atoms with Crippen LogP contribution in [0, 0.1) is 29.1 Å². The molecule has 0 aromatic heterocycles. The van der Waals surface area contributed by atoms with Crippen molar-refractivity contribution in [2.75, 3.05) is 0 Å². The first-order valence-corrected chi connectivity index (χ1v) is 11.3. The highest BCUT2D eigenvalue weighted by Gasteiger charge is 2.72. The first kappa shape index (κ1) is 25.6. The number of hydrogen-bond donors (Lipinski definition) is 1. The molecule has 0 radical (unpaired) electrons. The topological polar surface area (TPSA) is 133 Å². The van der Waals surface area contributed by atoms with Crippen molar-refractivity contribution in [2.24, 2.45) is 29.1 Å². The van der Waals surface area contributed by atoms with E-state index >= 15 is 0 Å². The van der Waals surface area contributed by atoms with E-state index in [0.717, 1.165) is 0 Å². The van der Waals surface area contributed by atoms with Crippen LogP contribution in [-0.4, -0.2) is 60.6 Å². The van der Waals surface area contributed by atoms with Crippen LogP contribution in [0.3, 0.4) is 0 Å². The second-order valence-electron chi connectivity index (χ2n) is 9.02. The number of rotatable bonds is 7. The molecule has 0 aromatic carbocycles. The molecule has 1 saturated heterocycles. The maximum absolute atomic E-state index is 13.8. The number of hydrogen-bond acceptors (Lipinski definition) is 8. The van der Waals surface area contributed by atoms with E-state index in [2.05, 4.69) is 4.74 Å². The van der Waals surface area contributed by atoms with Crippen LogP contribution in [0.5, 0.6) is 0 Å². The highest BCUT2D eigenvalue weighted by Crippen LogP contribution is 2.59. The van der Waals surface area contributed by atoms with Crippen molar-refractivity contribution >= 4 is 28.0 Å². The highest BCUT2D eigenvalue weighted by atomic mass is 32.2. The van der Waals surface area contributed by atoms with Crippen molar-refractivity contribution in [3.05, 3.63) is 0 Å². The zero-order valence-electron chi connectivity index (χ0n) is 17.5. The number of esters is 3. The van der Waals surface area contributed by atoms with E-state index in [1.165, 1.54) is 0 Å². The Labute approximate surface area is 184 Å². The van der Waals surface area contributed by atoms with Crippen LogP contribution in [0.4, 0.5) is 22.0 Å². The lowest BCUT2D eigenvalue weighted by molar-refractivity contribution is -0.262. The predicted molar refractivity (Wildman–Crippen MR) is 94.8 cm³/mol. The number of carbonyl (C=O) groups excluding carboxylic acids is 3. The predicted octanol–water partition coefficient (Wildman–Crippen LogP) is 2.10. The maximum atomic E-state index is 13.8. The van der Waals surface area contributed by atoms with Gasteiger partial charge in [-0.15, -0.1) is 0 Å². The summed E-state index contributed by atoms with van der Waals surface area (Å²) in [5.41, 5.74) is -0.973. The molecule has 33 heavy (non-hydrogen) atoms. The molecule has 2 aliphatic carbocycles. The summed E-state index contributed by atoms with van der Waals surface area (Å²) in [5, 5.41) is -5.91. The Morgan fingerprint density at radius 3 is 2.24 bits per heavy atom. The van der Waals surface area contributed by atoms with Crippen molar-refractivity contribution in [3.63, 3.8) is 0 Å². The second-order valence-corrected chi connectivity index (χ2v) is 10.5. The van der Waals surface area contributed by atoms with Crippen LogP contribution in [0.25, 0.3) is 0 Å². The average molecular weight is 508 g/mol. The van der Waals surface area contributed by atoms with Gasteiger partial charge in [0.15, 0.2) is 0 Å². The van der Waals surface area contributed by atoms with Gasteiger partial charge in [-0.2, -0.15) is 30.4 Å². The molecular formula is C18H21F5O9S. The van der Waals surface area contributed by atoms with Crippen molar-refractivity contribution in [3.8, 4) is 0 Å². The van der Waals surface area contributed by atoms with E-state index in [4.69, 9.17) is 14.0 Å². The molecule has 188 valence electrons. The van der Waals surface area contributed by atoms with Crippen molar-refractivity contribution in [2.45, 2.75) is 63.4 Å². The third-order valence-electron chi connectivity index (χ3n) is 6.68. The van der Waals surface area contributed by atoms with Gasteiger partial charge in [-0.05, 0) is 26.7 Å². The molecule has 1 aliphatic heterocycles. The smallest absolute Gasteiger partial charge is 0.432 e. The molecular weight excluding hydrogens is 487 g/mol. The zero-order chi connectivity index (χ0) is 25.3.